The number of carbonyl (C=O) groups excluding carboxylic acids is 2. The molecule has 8 nitrogen and oxygen atoms in total. The summed E-state index contributed by atoms with van der Waals surface area (Å²) in [6.07, 6.45) is -0.323. The third-order valence-corrected chi connectivity index (χ3v) is 6.31. The maximum absolute atomic E-state index is 12.8. The highest BCUT2D eigenvalue weighted by Crippen LogP contribution is 2.33. The molecule has 2 rings (SSSR count). The number of likely N-dealkylation sites (N-methyl/N-ethyl adjacent to an activating group) is 1. The number of para-hydroxylation sites is 1. The van der Waals surface area contributed by atoms with Gasteiger partial charge in [0.15, 0.2) is 6.10 Å². The van der Waals surface area contributed by atoms with Crippen LogP contribution in [0.25, 0.3) is 0 Å². The largest absolute Gasteiger partial charge is 0.387 e. The normalized spacial score (nSPS) is 20.6. The molecule has 172 valence electrons. The average molecular weight is 453 g/mol. The molecule has 0 bridgehead atoms. The summed E-state index contributed by atoms with van der Waals surface area (Å²) in [5.41, 5.74) is 0.756. The first-order chi connectivity index (χ1) is 14.8. The summed E-state index contributed by atoms with van der Waals surface area (Å²) in [5.74, 6) is -0.729. The maximum atomic E-state index is 12.8. The minimum atomic E-state index is -1.68. The van der Waals surface area contributed by atoms with Crippen LogP contribution < -0.4 is 10.2 Å². The molecule has 4 N–H and O–H groups in total. The van der Waals surface area contributed by atoms with Crippen LogP contribution in [0.4, 0.5) is 5.69 Å². The molecular formula is C22H32N2O6S. The van der Waals surface area contributed by atoms with E-state index in [1.165, 1.54) is 29.8 Å². The van der Waals surface area contributed by atoms with Crippen molar-refractivity contribution in [3.05, 3.63) is 36.4 Å². The summed E-state index contributed by atoms with van der Waals surface area (Å²) in [4.78, 5) is 28.0. The van der Waals surface area contributed by atoms with E-state index in [0.717, 1.165) is 29.8 Å². The first-order valence-corrected chi connectivity index (χ1v) is 11.3. The molecule has 0 aromatic heterocycles. The van der Waals surface area contributed by atoms with Gasteiger partial charge in [0.1, 0.15) is 24.4 Å². The molecule has 31 heavy (non-hydrogen) atoms. The van der Waals surface area contributed by atoms with Gasteiger partial charge in [-0.2, -0.15) is 0 Å². The van der Waals surface area contributed by atoms with Crippen molar-refractivity contribution in [2.24, 2.45) is 0 Å². The van der Waals surface area contributed by atoms with E-state index >= 15 is 0 Å². The fourth-order valence-corrected chi connectivity index (χ4v) is 4.36. The van der Waals surface area contributed by atoms with E-state index in [9.17, 15) is 24.9 Å². The van der Waals surface area contributed by atoms with Gasteiger partial charge in [-0.05, 0) is 18.6 Å². The number of aliphatic hydroxyl groups is 3. The number of hydrogen-bond acceptors (Lipinski definition) is 7. The van der Waals surface area contributed by atoms with Crippen LogP contribution in [0.1, 0.15) is 26.2 Å². The van der Waals surface area contributed by atoms with Crippen molar-refractivity contribution >= 4 is 29.3 Å². The molecule has 0 saturated heterocycles. The van der Waals surface area contributed by atoms with Crippen LogP contribution in [0.5, 0.6) is 0 Å². The van der Waals surface area contributed by atoms with Crippen LogP contribution in [0, 0.1) is 0 Å². The highest BCUT2D eigenvalue weighted by Gasteiger charge is 2.38. The summed E-state index contributed by atoms with van der Waals surface area (Å²) in [6, 6.07) is 6.61. The second-order valence-electron chi connectivity index (χ2n) is 7.44. The summed E-state index contributed by atoms with van der Waals surface area (Å²) in [5, 5.41) is 33.4. The molecule has 0 fully saturated rings. The Kier molecular flexibility index (Phi) is 9.98. The van der Waals surface area contributed by atoms with E-state index in [2.05, 4.69) is 5.32 Å². The van der Waals surface area contributed by atoms with Gasteiger partial charge in [0, 0.05) is 24.8 Å². The number of anilines is 1. The van der Waals surface area contributed by atoms with Crippen molar-refractivity contribution < 1.29 is 29.6 Å². The Morgan fingerprint density at radius 3 is 2.71 bits per heavy atom. The zero-order valence-corrected chi connectivity index (χ0v) is 18.9. The lowest BCUT2D eigenvalue weighted by Gasteiger charge is -2.28. The number of unbranched alkanes of at least 4 members (excludes halogenated alkanes) is 2. The zero-order valence-electron chi connectivity index (χ0n) is 18.1. The predicted octanol–water partition coefficient (Wildman–Crippen LogP) is 1.08. The third-order valence-electron chi connectivity index (χ3n) is 5.16. The van der Waals surface area contributed by atoms with Gasteiger partial charge < -0.3 is 30.3 Å². The Morgan fingerprint density at radius 1 is 1.32 bits per heavy atom. The van der Waals surface area contributed by atoms with E-state index in [0.29, 0.717) is 5.75 Å². The molecule has 0 aliphatic carbocycles. The van der Waals surface area contributed by atoms with Crippen molar-refractivity contribution in [3.8, 4) is 0 Å². The van der Waals surface area contributed by atoms with Crippen molar-refractivity contribution in [3.63, 3.8) is 0 Å². The Hall–Kier alpha value is -1.91. The number of amides is 2. The Balaban J connectivity index is 2.03. The molecule has 0 unspecified atom stereocenters. The fourth-order valence-electron chi connectivity index (χ4n) is 3.26. The maximum Gasteiger partial charge on any atom is 0.252 e. The number of aliphatic hydroxyl groups excluding tert-OH is 3. The molecule has 1 aliphatic heterocycles. The number of fused-ring (bicyclic) bond motifs is 1. The van der Waals surface area contributed by atoms with E-state index < -0.39 is 36.4 Å². The second-order valence-corrected chi connectivity index (χ2v) is 8.50. The van der Waals surface area contributed by atoms with Gasteiger partial charge in [0.2, 0.25) is 5.91 Å². The zero-order chi connectivity index (χ0) is 23.0. The number of benzene rings is 1. The number of nitrogens with zero attached hydrogens (tertiary/aromatic N) is 1. The van der Waals surface area contributed by atoms with Crippen LogP contribution in [0.3, 0.4) is 0 Å². The summed E-state index contributed by atoms with van der Waals surface area (Å²) in [7, 11) is 2.86. The van der Waals surface area contributed by atoms with E-state index in [-0.39, 0.29) is 5.91 Å². The highest BCUT2D eigenvalue weighted by atomic mass is 32.2. The van der Waals surface area contributed by atoms with Crippen LogP contribution in [0.2, 0.25) is 0 Å². The number of thioether (sulfide) groups is 1. The fraction of sp³-hybridized carbons (Fsp3) is 0.545. The number of methoxy groups -OCH3 is 1. The molecule has 1 aromatic rings. The molecule has 5 atom stereocenters. The number of ether oxygens (including phenoxy) is 1. The molecule has 0 radical (unpaired) electrons. The van der Waals surface area contributed by atoms with Crippen LogP contribution in [0.15, 0.2) is 41.3 Å². The minimum Gasteiger partial charge on any atom is -0.387 e. The molecule has 0 saturated carbocycles. The molecular weight excluding hydrogens is 420 g/mol. The van der Waals surface area contributed by atoms with Gasteiger partial charge in [-0.25, -0.2) is 0 Å². The van der Waals surface area contributed by atoms with Crippen LogP contribution in [-0.4, -0.2) is 77.5 Å². The van der Waals surface area contributed by atoms with Crippen molar-refractivity contribution in [1.29, 1.82) is 0 Å². The average Bonchev–Trinajstić information content (AvgIpc) is 2.88. The first kappa shape index (κ1) is 25.4. The smallest absolute Gasteiger partial charge is 0.252 e. The number of nitrogens with one attached hydrogen (secondary N) is 1. The molecule has 1 aliphatic rings. The summed E-state index contributed by atoms with van der Waals surface area (Å²) >= 11 is 1.44. The topological polar surface area (TPSA) is 119 Å². The van der Waals surface area contributed by atoms with E-state index in [1.54, 1.807) is 13.1 Å². The van der Waals surface area contributed by atoms with Gasteiger partial charge in [-0.1, -0.05) is 44.1 Å². The molecule has 9 heteroatoms. The van der Waals surface area contributed by atoms with Gasteiger partial charge in [0.25, 0.3) is 5.91 Å². The predicted molar refractivity (Wildman–Crippen MR) is 120 cm³/mol. The molecule has 1 aromatic carbocycles. The van der Waals surface area contributed by atoms with Gasteiger partial charge in [-0.3, -0.25) is 9.59 Å². The van der Waals surface area contributed by atoms with Crippen molar-refractivity contribution in [1.82, 2.24) is 5.32 Å². The third kappa shape index (κ3) is 6.54. The minimum absolute atomic E-state index is 0.297. The molecule has 0 spiro atoms. The lowest BCUT2D eigenvalue weighted by Crippen LogP contribution is -2.56. The Bertz CT molecular complexity index is 774. The summed E-state index contributed by atoms with van der Waals surface area (Å²) in [6.45, 7) is 2.04. The van der Waals surface area contributed by atoms with Gasteiger partial charge in [-0.15, -0.1) is 11.8 Å². The van der Waals surface area contributed by atoms with E-state index in [1.807, 2.05) is 31.2 Å². The standard InChI is InChI=1S/C22H32N2O6S/c1-4-5-6-7-11-16(25)18(26)19(27)20(30-3)21(28)23-14-13-31-17-12-9-8-10-15(17)24(2)22(14)29/h7-12,14,16,18-20,25-27H,4-6,13H2,1-3H3,(H,23,28)/t14-,16+,18-,19+,20+/m0/s1. The van der Waals surface area contributed by atoms with Crippen molar-refractivity contribution in [2.75, 3.05) is 24.8 Å². The SMILES string of the molecule is CCCCC=C[C@@H](O)[C@H](O)[C@@H](O)[C@@H](OC)C(=O)N[C@H]1CSc2ccccc2N(C)C1=O. The number of hydrogen-bond donors (Lipinski definition) is 4. The Morgan fingerprint density at radius 2 is 2.03 bits per heavy atom. The van der Waals surface area contributed by atoms with Crippen LogP contribution in [-0.2, 0) is 14.3 Å². The lowest BCUT2D eigenvalue weighted by molar-refractivity contribution is -0.150. The number of allylic oxidation sites excluding steroid dienone is 1. The number of carbonyl (C=O) groups is 2. The van der Waals surface area contributed by atoms with Gasteiger partial charge >= 0.3 is 0 Å². The second kappa shape index (κ2) is 12.2. The van der Waals surface area contributed by atoms with Crippen molar-refractivity contribution in [2.45, 2.75) is 61.5 Å². The highest BCUT2D eigenvalue weighted by molar-refractivity contribution is 7.99. The summed E-state index contributed by atoms with van der Waals surface area (Å²) < 4.78 is 5.10. The van der Waals surface area contributed by atoms with Crippen LogP contribution >= 0.6 is 11.8 Å². The van der Waals surface area contributed by atoms with Gasteiger partial charge in [0.05, 0.1) is 5.69 Å². The first-order valence-electron chi connectivity index (χ1n) is 10.3. The number of rotatable bonds is 10. The monoisotopic (exact) mass is 452 g/mol. The quantitative estimate of drug-likeness (QED) is 0.310. The molecule has 1 heterocycles. The van der Waals surface area contributed by atoms with E-state index in [4.69, 9.17) is 4.74 Å². The molecule has 2 amide bonds. The Labute approximate surface area is 187 Å². The lowest BCUT2D eigenvalue weighted by atomic mass is 10.0.